The van der Waals surface area contributed by atoms with Crippen molar-refractivity contribution in [3.05, 3.63) is 130 Å². The first kappa shape index (κ1) is 51.9. The fourth-order valence-corrected chi connectivity index (χ4v) is 9.17. The molecule has 2 atom stereocenters. The Morgan fingerprint density at radius 3 is 1.17 bits per heavy atom. The predicted molar refractivity (Wildman–Crippen MR) is 261 cm³/mol. The van der Waals surface area contributed by atoms with Crippen molar-refractivity contribution in [2.75, 3.05) is 79.7 Å². The quantitative estimate of drug-likeness (QED) is 0.111. The largest absolute Gasteiger partial charge is 0.468 e. The second-order valence-corrected chi connectivity index (χ2v) is 19.2. The Hall–Kier alpha value is -4.74. The third-order valence-electron chi connectivity index (χ3n) is 13.2. The van der Waals surface area contributed by atoms with E-state index in [-0.39, 0.29) is 46.4 Å². The molecule has 0 amide bonds. The van der Waals surface area contributed by atoms with Crippen molar-refractivity contribution in [3.63, 3.8) is 0 Å². The van der Waals surface area contributed by atoms with E-state index in [1.807, 2.05) is 26.0 Å². The van der Waals surface area contributed by atoms with Gasteiger partial charge in [-0.25, -0.2) is 0 Å². The molecule has 4 aliphatic rings. The van der Waals surface area contributed by atoms with Crippen molar-refractivity contribution in [1.82, 2.24) is 19.6 Å². The van der Waals surface area contributed by atoms with Crippen molar-refractivity contribution < 1.29 is 28.7 Å². The number of methoxy groups -OCH3 is 2. The summed E-state index contributed by atoms with van der Waals surface area (Å²) in [6.07, 6.45) is 30.7. The van der Waals surface area contributed by atoms with Gasteiger partial charge in [0.1, 0.15) is 0 Å². The van der Waals surface area contributed by atoms with Crippen molar-refractivity contribution in [2.24, 2.45) is 10.8 Å². The van der Waals surface area contributed by atoms with Crippen LogP contribution in [0.15, 0.2) is 130 Å². The minimum Gasteiger partial charge on any atom is -0.468 e. The van der Waals surface area contributed by atoms with E-state index < -0.39 is 0 Å². The molecule has 0 bridgehead atoms. The van der Waals surface area contributed by atoms with Crippen molar-refractivity contribution in [3.8, 4) is 0 Å². The number of hydrogen-bond donors (Lipinski definition) is 0. The zero-order valence-electron chi connectivity index (χ0n) is 41.0. The van der Waals surface area contributed by atoms with E-state index in [4.69, 9.17) is 9.47 Å². The molecule has 4 rings (SSSR count). The van der Waals surface area contributed by atoms with Crippen LogP contribution < -0.4 is 0 Å². The van der Waals surface area contributed by atoms with Crippen molar-refractivity contribution in [2.45, 2.75) is 94.2 Å². The lowest BCUT2D eigenvalue weighted by molar-refractivity contribution is -0.143. The summed E-state index contributed by atoms with van der Waals surface area (Å²) in [4.78, 5) is 59.4. The highest BCUT2D eigenvalue weighted by Gasteiger charge is 2.42. The highest BCUT2D eigenvalue weighted by molar-refractivity contribution is 6.02. The van der Waals surface area contributed by atoms with E-state index in [9.17, 15) is 19.2 Å². The maximum atomic E-state index is 13.6. The summed E-state index contributed by atoms with van der Waals surface area (Å²) in [6.45, 7) is 27.8. The van der Waals surface area contributed by atoms with Crippen LogP contribution in [-0.4, -0.2) is 135 Å². The summed E-state index contributed by atoms with van der Waals surface area (Å²) in [6, 6.07) is -0.275. The summed E-state index contributed by atoms with van der Waals surface area (Å²) in [7, 11) is 2.83. The third kappa shape index (κ3) is 14.9. The number of nitrogens with zero attached hydrogens (tertiary/aromatic N) is 4. The molecule has 10 nitrogen and oxygen atoms in total. The number of allylic oxidation sites excluding steroid dienone is 20. The smallest absolute Gasteiger partial charge is 0.319 e. The van der Waals surface area contributed by atoms with Gasteiger partial charge in [0.05, 0.1) is 39.4 Å². The minimum atomic E-state index is -0.223. The molecule has 64 heavy (non-hydrogen) atoms. The molecule has 0 radical (unpaired) electrons. The number of hydrogen-bond acceptors (Lipinski definition) is 10. The van der Waals surface area contributed by atoms with Crippen LogP contribution in [-0.2, 0) is 28.7 Å². The Balaban J connectivity index is 1.26. The fraction of sp³-hybridized carbons (Fsp3) is 0.519. The molecule has 2 unspecified atom stereocenters. The maximum absolute atomic E-state index is 13.6. The molecule has 2 aliphatic carbocycles. The van der Waals surface area contributed by atoms with Gasteiger partial charge < -0.3 is 9.47 Å². The molecule has 0 aromatic rings. The molecule has 0 aromatic heterocycles. The second kappa shape index (κ2) is 24.0. The van der Waals surface area contributed by atoms with Crippen molar-refractivity contribution >= 4 is 23.5 Å². The van der Waals surface area contributed by atoms with Crippen molar-refractivity contribution in [1.29, 1.82) is 0 Å². The summed E-state index contributed by atoms with van der Waals surface area (Å²) >= 11 is 0. The SMILES string of the molecule is COC(=O)CN1CCN(C2CC(C)(C)C(C=CC(C)=CC=CC(C)=CC=CC=C(C)C=CC=C(C)C=CC3=C(C)C(=O)C(N4CCN(CC(=O)OC)CC4)CC3(C)C)=C(C)C2=O)CC1. The molecule has 0 spiro atoms. The molecular weight excluding hydrogens is 801 g/mol. The van der Waals surface area contributed by atoms with Gasteiger partial charge in [-0.1, -0.05) is 135 Å². The summed E-state index contributed by atoms with van der Waals surface area (Å²) in [5.41, 5.74) is 8.05. The van der Waals surface area contributed by atoms with E-state index >= 15 is 0 Å². The molecule has 348 valence electrons. The molecule has 10 heteroatoms. The first-order chi connectivity index (χ1) is 30.3. The number of rotatable bonds is 16. The van der Waals surface area contributed by atoms with Gasteiger partial charge in [-0.15, -0.1) is 0 Å². The van der Waals surface area contributed by atoms with Crippen LogP contribution >= 0.6 is 0 Å². The van der Waals surface area contributed by atoms with Gasteiger partial charge in [-0.05, 0) is 87.5 Å². The number of esters is 2. The highest BCUT2D eigenvalue weighted by atomic mass is 16.5. The predicted octanol–water partition coefficient (Wildman–Crippen LogP) is 8.50. The third-order valence-corrected chi connectivity index (χ3v) is 13.2. The van der Waals surface area contributed by atoms with E-state index in [0.29, 0.717) is 13.1 Å². The normalized spacial score (nSPS) is 24.5. The molecule has 2 fully saturated rings. The van der Waals surface area contributed by atoms with Crippen LogP contribution in [0.25, 0.3) is 0 Å². The zero-order valence-corrected chi connectivity index (χ0v) is 41.0. The average molecular weight is 877 g/mol. The summed E-state index contributed by atoms with van der Waals surface area (Å²) in [5.74, 6) is -0.0360. The molecule has 2 heterocycles. The first-order valence-corrected chi connectivity index (χ1v) is 22.9. The van der Waals surface area contributed by atoms with Crippen LogP contribution in [0.4, 0.5) is 0 Å². The average Bonchev–Trinajstić information content (AvgIpc) is 3.25. The van der Waals surface area contributed by atoms with Gasteiger partial charge in [-0.2, -0.15) is 0 Å². The molecular formula is C54H76N4O6. The van der Waals surface area contributed by atoms with Crippen LogP contribution in [0.5, 0.6) is 0 Å². The Morgan fingerprint density at radius 1 is 0.531 bits per heavy atom. The second-order valence-electron chi connectivity index (χ2n) is 19.2. The van der Waals surface area contributed by atoms with Crippen LogP contribution in [0.2, 0.25) is 0 Å². The Morgan fingerprint density at radius 2 is 0.844 bits per heavy atom. The molecule has 2 saturated heterocycles. The lowest BCUT2D eigenvalue weighted by Gasteiger charge is -2.44. The highest BCUT2D eigenvalue weighted by Crippen LogP contribution is 2.43. The number of piperazine rings is 2. The monoisotopic (exact) mass is 877 g/mol. The maximum Gasteiger partial charge on any atom is 0.319 e. The van der Waals surface area contributed by atoms with E-state index in [1.165, 1.54) is 14.2 Å². The molecule has 2 aliphatic heterocycles. The summed E-state index contributed by atoms with van der Waals surface area (Å²) in [5, 5.41) is 0. The first-order valence-electron chi connectivity index (χ1n) is 22.9. The van der Waals surface area contributed by atoms with E-state index in [1.54, 1.807) is 0 Å². The Labute approximate surface area is 384 Å². The zero-order chi connectivity index (χ0) is 47.2. The molecule has 0 aromatic carbocycles. The van der Waals surface area contributed by atoms with Crippen LogP contribution in [0, 0.1) is 10.8 Å². The number of Topliss-reactive ketones (excluding diaryl/α,β-unsaturated/α-hetero) is 2. The van der Waals surface area contributed by atoms with Crippen LogP contribution in [0.3, 0.4) is 0 Å². The minimum absolute atomic E-state index is 0.137. The van der Waals surface area contributed by atoms with Gasteiger partial charge >= 0.3 is 11.9 Å². The lowest BCUT2D eigenvalue weighted by atomic mass is 9.69. The van der Waals surface area contributed by atoms with Gasteiger partial charge in [0.2, 0.25) is 0 Å². The number of carbonyl (C=O) groups is 4. The Bertz CT molecular complexity index is 1920. The number of carbonyl (C=O) groups excluding carboxylic acids is 4. The summed E-state index contributed by atoms with van der Waals surface area (Å²) < 4.78 is 9.65. The fourth-order valence-electron chi connectivity index (χ4n) is 9.17. The lowest BCUT2D eigenvalue weighted by Crippen LogP contribution is -2.55. The van der Waals surface area contributed by atoms with Gasteiger partial charge in [0, 0.05) is 52.4 Å². The van der Waals surface area contributed by atoms with E-state index in [0.717, 1.165) is 110 Å². The number of ether oxygens (including phenoxy) is 2. The standard InChI is InChI=1S/C54H76N4O6/c1-39(19-15-21-41(3)23-25-45-43(5)51(61)47(35-53(45,7)8)57-31-27-55(28-32-57)37-49(59)63-11)17-13-14-18-40(2)20-16-22-42(4)24-26-46-44(6)52(62)48(36-54(46,9)10)58-33-29-56(30-34-58)38-50(60)64-12/h13-26,47-48H,27-38H2,1-12H3. The topological polar surface area (TPSA) is 99.7 Å². The molecule has 0 saturated carbocycles. The van der Waals surface area contributed by atoms with Crippen LogP contribution in [0.1, 0.15) is 82.1 Å². The van der Waals surface area contributed by atoms with E-state index in [2.05, 4.69) is 148 Å². The Kier molecular flexibility index (Phi) is 19.4. The van der Waals surface area contributed by atoms with Gasteiger partial charge in [0.25, 0.3) is 0 Å². The molecule has 0 N–H and O–H groups in total. The number of ketones is 2. The van der Waals surface area contributed by atoms with Gasteiger partial charge in [0.15, 0.2) is 11.6 Å². The van der Waals surface area contributed by atoms with Gasteiger partial charge in [-0.3, -0.25) is 38.8 Å².